The van der Waals surface area contributed by atoms with E-state index in [9.17, 15) is 18.0 Å². The molecule has 1 amide bonds. The Labute approximate surface area is 195 Å². The van der Waals surface area contributed by atoms with Crippen LogP contribution in [0.3, 0.4) is 0 Å². The van der Waals surface area contributed by atoms with Gasteiger partial charge in [0.05, 0.1) is 21.4 Å². The Morgan fingerprint density at radius 2 is 1.91 bits per heavy atom. The van der Waals surface area contributed by atoms with Gasteiger partial charge in [0.15, 0.2) is 5.58 Å². The Morgan fingerprint density at radius 3 is 2.68 bits per heavy atom. The largest absolute Gasteiger partial charge is 0.419 e. The van der Waals surface area contributed by atoms with Gasteiger partial charge >= 0.3 is 5.76 Å². The number of oxazole rings is 1. The molecule has 10 nitrogen and oxygen atoms in total. The molecule has 0 saturated heterocycles. The molecule has 34 heavy (non-hydrogen) atoms. The summed E-state index contributed by atoms with van der Waals surface area (Å²) in [6, 6.07) is 10.9. The van der Waals surface area contributed by atoms with Gasteiger partial charge in [-0.2, -0.15) is 4.72 Å². The van der Waals surface area contributed by atoms with E-state index in [0.29, 0.717) is 31.0 Å². The second-order valence-electron chi connectivity index (χ2n) is 8.90. The maximum absolute atomic E-state index is 13.6. The zero-order chi connectivity index (χ0) is 24.2. The predicted octanol–water partition coefficient (Wildman–Crippen LogP) is 2.22. The van der Waals surface area contributed by atoms with E-state index in [0.717, 1.165) is 11.0 Å². The second-order valence-corrected chi connectivity index (χ2v) is 10.6. The lowest BCUT2D eigenvalue weighted by molar-refractivity contribution is -0.120. The fourth-order valence-corrected chi connectivity index (χ4v) is 5.61. The van der Waals surface area contributed by atoms with Crippen LogP contribution < -0.4 is 15.4 Å². The monoisotopic (exact) mass is 483 g/mol. The Balaban J connectivity index is 1.46. The van der Waals surface area contributed by atoms with Crippen LogP contribution in [-0.2, 0) is 28.4 Å². The van der Waals surface area contributed by atoms with E-state index >= 15 is 0 Å². The number of amides is 1. The molecule has 1 N–H and O–H groups in total. The summed E-state index contributed by atoms with van der Waals surface area (Å²) >= 11 is 0. The molecule has 0 bridgehead atoms. The van der Waals surface area contributed by atoms with Crippen molar-refractivity contribution in [2.75, 3.05) is 11.4 Å². The van der Waals surface area contributed by atoms with E-state index in [4.69, 9.17) is 4.42 Å². The van der Waals surface area contributed by atoms with Crippen LogP contribution in [0.4, 0.5) is 5.95 Å². The van der Waals surface area contributed by atoms with Crippen LogP contribution in [0, 0.1) is 5.92 Å². The van der Waals surface area contributed by atoms with Crippen LogP contribution in [-0.4, -0.2) is 41.0 Å². The highest BCUT2D eigenvalue weighted by molar-refractivity contribution is 7.89. The molecule has 0 aliphatic carbocycles. The van der Waals surface area contributed by atoms with Gasteiger partial charge in [0.25, 0.3) is 0 Å². The van der Waals surface area contributed by atoms with Gasteiger partial charge in [0.2, 0.25) is 21.9 Å². The lowest BCUT2D eigenvalue weighted by Gasteiger charge is -2.24. The van der Waals surface area contributed by atoms with Crippen molar-refractivity contribution in [2.24, 2.45) is 13.0 Å². The normalized spacial score (nSPS) is 14.9. The number of rotatable bonds is 6. The summed E-state index contributed by atoms with van der Waals surface area (Å²) in [5, 5.41) is 0. The molecule has 11 heteroatoms. The van der Waals surface area contributed by atoms with Crippen LogP contribution in [0.5, 0.6) is 0 Å². The van der Waals surface area contributed by atoms with E-state index in [1.807, 2.05) is 42.7 Å². The average molecular weight is 484 g/mol. The SMILES string of the molecule is CC(C)CC(NS(=O)(=O)c1ccc2c(c1)oc(=O)n2C)C(=O)N1CCn2c1nc1ccccc12. The first-order chi connectivity index (χ1) is 16.2. The smallest absolute Gasteiger partial charge is 0.408 e. The van der Waals surface area contributed by atoms with Gasteiger partial charge in [-0.15, -0.1) is 0 Å². The van der Waals surface area contributed by atoms with Crippen LogP contribution >= 0.6 is 0 Å². The molecule has 2 aromatic heterocycles. The van der Waals surface area contributed by atoms with Crippen molar-refractivity contribution in [2.45, 2.75) is 37.8 Å². The second kappa shape index (κ2) is 8.10. The van der Waals surface area contributed by atoms with E-state index in [1.54, 1.807) is 11.9 Å². The number of aromatic nitrogens is 3. The summed E-state index contributed by atoms with van der Waals surface area (Å²) < 4.78 is 37.5. The summed E-state index contributed by atoms with van der Waals surface area (Å²) in [5.41, 5.74) is 2.37. The quantitative estimate of drug-likeness (QED) is 0.449. The number of anilines is 1. The van der Waals surface area contributed by atoms with Gasteiger partial charge in [0.1, 0.15) is 6.04 Å². The Hall–Kier alpha value is -3.44. The Morgan fingerprint density at radius 1 is 1.15 bits per heavy atom. The van der Waals surface area contributed by atoms with E-state index in [-0.39, 0.29) is 22.3 Å². The number of nitrogens with one attached hydrogen (secondary N) is 1. The van der Waals surface area contributed by atoms with E-state index in [1.165, 1.54) is 22.8 Å². The minimum atomic E-state index is -4.07. The molecule has 178 valence electrons. The molecule has 0 saturated carbocycles. The minimum Gasteiger partial charge on any atom is -0.408 e. The van der Waals surface area contributed by atoms with Gasteiger partial charge in [-0.3, -0.25) is 14.3 Å². The number of fused-ring (bicyclic) bond motifs is 4. The van der Waals surface area contributed by atoms with Gasteiger partial charge < -0.3 is 8.98 Å². The Kier molecular flexibility index (Phi) is 5.33. The number of hydrogen-bond donors (Lipinski definition) is 1. The predicted molar refractivity (Wildman–Crippen MR) is 127 cm³/mol. The standard InChI is InChI=1S/C23H25N5O5S/c1-14(2)12-17(21(29)28-11-10-27-18-7-5-4-6-16(18)24-22(27)28)25-34(31,32)15-8-9-19-20(13-15)33-23(30)26(19)3/h4-9,13-14,17,25H,10-12H2,1-3H3. The number of nitrogens with zero attached hydrogens (tertiary/aromatic N) is 4. The van der Waals surface area contributed by atoms with Crippen molar-refractivity contribution in [1.82, 2.24) is 18.8 Å². The molecule has 0 fully saturated rings. The molecule has 3 heterocycles. The molecular formula is C23H25N5O5S. The highest BCUT2D eigenvalue weighted by atomic mass is 32.2. The third-order valence-corrected chi connectivity index (χ3v) is 7.54. The number of carbonyl (C=O) groups excluding carboxylic acids is 1. The maximum atomic E-state index is 13.6. The molecule has 4 aromatic rings. The fourth-order valence-electron chi connectivity index (χ4n) is 4.39. The first-order valence-corrected chi connectivity index (χ1v) is 12.5. The van der Waals surface area contributed by atoms with E-state index < -0.39 is 21.8 Å². The molecule has 1 atom stereocenters. The zero-order valence-corrected chi connectivity index (χ0v) is 19.9. The third-order valence-electron chi connectivity index (χ3n) is 6.07. The van der Waals surface area contributed by atoms with Gasteiger partial charge in [-0.25, -0.2) is 18.2 Å². The lowest BCUT2D eigenvalue weighted by atomic mass is 10.0. The van der Waals surface area contributed by atoms with Crippen LogP contribution in [0.25, 0.3) is 22.1 Å². The molecule has 0 radical (unpaired) electrons. The summed E-state index contributed by atoms with van der Waals surface area (Å²) in [6.45, 7) is 4.87. The number of hydrogen-bond acceptors (Lipinski definition) is 6. The van der Waals surface area contributed by atoms with Crippen molar-refractivity contribution in [3.05, 3.63) is 53.0 Å². The molecule has 0 spiro atoms. The average Bonchev–Trinajstić information content (AvgIpc) is 3.44. The number of carbonyl (C=O) groups is 1. The van der Waals surface area contributed by atoms with Crippen molar-refractivity contribution in [1.29, 1.82) is 0 Å². The van der Waals surface area contributed by atoms with Crippen molar-refractivity contribution in [3.63, 3.8) is 0 Å². The number of para-hydroxylation sites is 2. The summed E-state index contributed by atoms with van der Waals surface area (Å²) in [7, 11) is -2.53. The first-order valence-electron chi connectivity index (χ1n) is 11.0. The highest BCUT2D eigenvalue weighted by Gasteiger charge is 2.35. The summed E-state index contributed by atoms with van der Waals surface area (Å²) in [5.74, 6) is -0.347. The maximum Gasteiger partial charge on any atom is 0.419 e. The topological polar surface area (TPSA) is 119 Å². The van der Waals surface area contributed by atoms with Crippen molar-refractivity contribution in [3.8, 4) is 0 Å². The molecule has 2 aromatic carbocycles. The minimum absolute atomic E-state index is 0.0627. The summed E-state index contributed by atoms with van der Waals surface area (Å²) in [6.07, 6.45) is 0.317. The number of benzene rings is 2. The van der Waals surface area contributed by atoms with Gasteiger partial charge in [0, 0.05) is 26.2 Å². The number of sulfonamides is 1. The zero-order valence-electron chi connectivity index (χ0n) is 19.1. The first kappa shape index (κ1) is 22.4. The molecule has 1 aliphatic heterocycles. The molecular weight excluding hydrogens is 458 g/mol. The molecule has 1 unspecified atom stereocenters. The summed E-state index contributed by atoms with van der Waals surface area (Å²) in [4.78, 5) is 31.4. The highest BCUT2D eigenvalue weighted by Crippen LogP contribution is 2.28. The number of aryl methyl sites for hydroxylation is 1. The van der Waals surface area contributed by atoms with E-state index in [2.05, 4.69) is 9.71 Å². The van der Waals surface area contributed by atoms with Crippen molar-refractivity contribution >= 4 is 44.0 Å². The molecule has 1 aliphatic rings. The lowest BCUT2D eigenvalue weighted by Crippen LogP contribution is -2.49. The van der Waals surface area contributed by atoms with Crippen LogP contribution in [0.15, 0.2) is 56.6 Å². The fraction of sp³-hybridized carbons (Fsp3) is 0.348. The van der Waals surface area contributed by atoms with Crippen LogP contribution in [0.1, 0.15) is 20.3 Å². The van der Waals surface area contributed by atoms with Crippen LogP contribution in [0.2, 0.25) is 0 Å². The molecule has 5 rings (SSSR count). The Bertz CT molecular complexity index is 1580. The number of imidazole rings is 1. The third kappa shape index (κ3) is 3.70. The van der Waals surface area contributed by atoms with Gasteiger partial charge in [-0.05, 0) is 36.6 Å². The van der Waals surface area contributed by atoms with Gasteiger partial charge in [-0.1, -0.05) is 26.0 Å². The van der Waals surface area contributed by atoms with Crippen molar-refractivity contribution < 1.29 is 17.6 Å².